The van der Waals surface area contributed by atoms with Crippen LogP contribution >= 0.6 is 11.6 Å². The number of nitrogens with zero attached hydrogens (tertiary/aromatic N) is 4. The molecule has 0 saturated carbocycles. The van der Waals surface area contributed by atoms with Gasteiger partial charge in [0.25, 0.3) is 0 Å². The second kappa shape index (κ2) is 5.00. The molecular weight excluding hydrogens is 264 g/mol. The number of ether oxygens (including phenoxy) is 1. The Morgan fingerprint density at radius 1 is 1.32 bits per heavy atom. The summed E-state index contributed by atoms with van der Waals surface area (Å²) in [6.07, 6.45) is -0.426. The maximum absolute atomic E-state index is 8.95. The normalized spacial score (nSPS) is 19.4. The first-order chi connectivity index (χ1) is 9.29. The van der Waals surface area contributed by atoms with Gasteiger partial charge in [-0.1, -0.05) is 35.9 Å². The molecule has 19 heavy (non-hydrogen) atoms. The molecule has 5 nitrogen and oxygen atoms in total. The quantitative estimate of drug-likeness (QED) is 0.796. The van der Waals surface area contributed by atoms with Crippen molar-refractivity contribution in [3.05, 3.63) is 29.4 Å². The highest BCUT2D eigenvalue weighted by Crippen LogP contribution is 2.28. The van der Waals surface area contributed by atoms with Gasteiger partial charge in [0, 0.05) is 17.3 Å². The molecule has 1 aliphatic heterocycles. The van der Waals surface area contributed by atoms with E-state index in [1.165, 1.54) is 0 Å². The molecule has 1 aromatic carbocycles. The van der Waals surface area contributed by atoms with Crippen LogP contribution in [0.5, 0.6) is 0 Å². The molecule has 1 atom stereocenters. The summed E-state index contributed by atoms with van der Waals surface area (Å²) in [6, 6.07) is 9.85. The third-order valence-corrected chi connectivity index (χ3v) is 3.41. The van der Waals surface area contributed by atoms with Gasteiger partial charge in [-0.3, -0.25) is 0 Å². The molecule has 0 amide bonds. The van der Waals surface area contributed by atoms with Crippen molar-refractivity contribution in [3.8, 4) is 6.07 Å². The first-order valence-corrected chi connectivity index (χ1v) is 6.34. The van der Waals surface area contributed by atoms with Crippen LogP contribution in [-0.2, 0) is 4.74 Å². The number of aromatic nitrogens is 2. The lowest BCUT2D eigenvalue weighted by Crippen LogP contribution is -2.42. The minimum atomic E-state index is -0.426. The molecule has 6 heteroatoms. The fourth-order valence-electron chi connectivity index (χ4n) is 2.21. The molecule has 2 aromatic rings. The Balaban J connectivity index is 2.06. The third kappa shape index (κ3) is 2.21. The number of hydrogen-bond acceptors (Lipinski definition) is 5. The molecule has 1 aliphatic rings. The lowest BCUT2D eigenvalue weighted by Gasteiger charge is -2.31. The molecule has 0 bridgehead atoms. The van der Waals surface area contributed by atoms with Crippen LogP contribution in [0.1, 0.15) is 0 Å². The third-order valence-electron chi connectivity index (χ3n) is 3.13. The van der Waals surface area contributed by atoms with E-state index in [0.717, 1.165) is 16.6 Å². The number of nitriles is 1. The largest absolute Gasteiger partial charge is 0.360 e. The minimum Gasteiger partial charge on any atom is -0.360 e. The van der Waals surface area contributed by atoms with E-state index in [1.807, 2.05) is 29.2 Å². The summed E-state index contributed by atoms with van der Waals surface area (Å²) in [5.74, 6) is 0.753. The number of benzene rings is 1. The molecule has 1 unspecified atom stereocenters. The zero-order valence-corrected chi connectivity index (χ0v) is 10.8. The zero-order chi connectivity index (χ0) is 13.2. The Bertz CT molecular complexity index is 655. The maximum atomic E-state index is 8.95. The van der Waals surface area contributed by atoms with Crippen molar-refractivity contribution in [2.24, 2.45) is 0 Å². The molecule has 2 heterocycles. The highest BCUT2D eigenvalue weighted by molar-refractivity contribution is 6.34. The predicted molar refractivity (Wildman–Crippen MR) is 72.1 cm³/mol. The Morgan fingerprint density at radius 3 is 2.89 bits per heavy atom. The predicted octanol–water partition coefficient (Wildman–Crippen LogP) is 2.01. The second-order valence-corrected chi connectivity index (χ2v) is 4.65. The maximum Gasteiger partial charge on any atom is 0.161 e. The Hall–Kier alpha value is -1.90. The van der Waals surface area contributed by atoms with Crippen LogP contribution in [0.2, 0.25) is 5.15 Å². The van der Waals surface area contributed by atoms with Crippen molar-refractivity contribution in [2.45, 2.75) is 6.10 Å². The highest BCUT2D eigenvalue weighted by Gasteiger charge is 2.23. The van der Waals surface area contributed by atoms with Crippen molar-refractivity contribution in [2.75, 3.05) is 24.6 Å². The zero-order valence-electron chi connectivity index (χ0n) is 10.1. The van der Waals surface area contributed by atoms with Crippen molar-refractivity contribution in [3.63, 3.8) is 0 Å². The van der Waals surface area contributed by atoms with Crippen LogP contribution < -0.4 is 4.90 Å². The minimum absolute atomic E-state index is 0.393. The van der Waals surface area contributed by atoms with Gasteiger partial charge in [0.05, 0.1) is 19.2 Å². The first kappa shape index (κ1) is 12.2. The van der Waals surface area contributed by atoms with E-state index in [2.05, 4.69) is 16.3 Å². The summed E-state index contributed by atoms with van der Waals surface area (Å²) < 4.78 is 5.34. The van der Waals surface area contributed by atoms with E-state index >= 15 is 0 Å². The van der Waals surface area contributed by atoms with Gasteiger partial charge in [-0.2, -0.15) is 5.26 Å². The van der Waals surface area contributed by atoms with Crippen LogP contribution in [0, 0.1) is 11.3 Å². The van der Waals surface area contributed by atoms with Gasteiger partial charge < -0.3 is 9.64 Å². The van der Waals surface area contributed by atoms with Crippen LogP contribution in [0.4, 0.5) is 5.82 Å². The van der Waals surface area contributed by atoms with E-state index in [0.29, 0.717) is 24.8 Å². The number of halogens is 1. The van der Waals surface area contributed by atoms with Crippen molar-refractivity contribution in [1.82, 2.24) is 10.2 Å². The Morgan fingerprint density at radius 2 is 2.11 bits per heavy atom. The average Bonchev–Trinajstić information content (AvgIpc) is 2.48. The summed E-state index contributed by atoms with van der Waals surface area (Å²) in [4.78, 5) is 2.02. The lowest BCUT2D eigenvalue weighted by molar-refractivity contribution is 0.0762. The number of morpholine rings is 1. The highest BCUT2D eigenvalue weighted by atomic mass is 35.5. The number of anilines is 1. The van der Waals surface area contributed by atoms with Gasteiger partial charge in [-0.25, -0.2) is 0 Å². The monoisotopic (exact) mass is 274 g/mol. The summed E-state index contributed by atoms with van der Waals surface area (Å²) in [6.45, 7) is 1.70. The summed E-state index contributed by atoms with van der Waals surface area (Å²) in [5, 5.41) is 19.3. The molecule has 96 valence electrons. The summed E-state index contributed by atoms with van der Waals surface area (Å²) in [5.41, 5.74) is 0. The number of hydrogen-bond donors (Lipinski definition) is 0. The molecule has 3 rings (SSSR count). The number of fused-ring (bicyclic) bond motifs is 1. The lowest BCUT2D eigenvalue weighted by atomic mass is 10.1. The molecular formula is C13H11ClN4O. The fraction of sp³-hybridized carbons (Fsp3) is 0.308. The SMILES string of the molecule is N#CC1CN(c2nnc(Cl)c3ccccc23)CCO1. The second-order valence-electron chi connectivity index (χ2n) is 4.29. The first-order valence-electron chi connectivity index (χ1n) is 5.96. The molecule has 0 aliphatic carbocycles. The molecule has 0 spiro atoms. The van der Waals surface area contributed by atoms with Crippen LogP contribution in [0.25, 0.3) is 10.8 Å². The molecule has 1 fully saturated rings. The molecule has 1 aromatic heterocycles. The van der Waals surface area contributed by atoms with Crippen molar-refractivity contribution in [1.29, 1.82) is 5.26 Å². The van der Waals surface area contributed by atoms with Gasteiger partial charge in [0.15, 0.2) is 17.1 Å². The van der Waals surface area contributed by atoms with E-state index in [9.17, 15) is 0 Å². The molecule has 0 N–H and O–H groups in total. The standard InChI is InChI=1S/C13H11ClN4O/c14-12-10-3-1-2-4-11(10)13(17-16-12)18-5-6-19-9(7-15)8-18/h1-4,9H,5-6,8H2. The van der Waals surface area contributed by atoms with Gasteiger partial charge >= 0.3 is 0 Å². The summed E-state index contributed by atoms with van der Waals surface area (Å²) in [7, 11) is 0. The van der Waals surface area contributed by atoms with E-state index in [4.69, 9.17) is 21.6 Å². The van der Waals surface area contributed by atoms with E-state index in [-0.39, 0.29) is 0 Å². The van der Waals surface area contributed by atoms with Crippen LogP contribution in [0.3, 0.4) is 0 Å². The van der Waals surface area contributed by atoms with Gasteiger partial charge in [0.2, 0.25) is 0 Å². The van der Waals surface area contributed by atoms with Gasteiger partial charge in [-0.15, -0.1) is 10.2 Å². The van der Waals surface area contributed by atoms with E-state index < -0.39 is 6.10 Å². The molecule has 1 saturated heterocycles. The smallest absolute Gasteiger partial charge is 0.161 e. The van der Waals surface area contributed by atoms with Gasteiger partial charge in [0.1, 0.15) is 0 Å². The fourth-order valence-corrected chi connectivity index (χ4v) is 2.41. The Labute approximate surface area is 115 Å². The topological polar surface area (TPSA) is 62.0 Å². The van der Waals surface area contributed by atoms with E-state index in [1.54, 1.807) is 0 Å². The van der Waals surface area contributed by atoms with Crippen LogP contribution in [-0.4, -0.2) is 36.0 Å². The van der Waals surface area contributed by atoms with Crippen molar-refractivity contribution >= 4 is 28.2 Å². The summed E-state index contributed by atoms with van der Waals surface area (Å²) >= 11 is 6.05. The number of rotatable bonds is 1. The van der Waals surface area contributed by atoms with Gasteiger partial charge in [-0.05, 0) is 0 Å². The average molecular weight is 275 g/mol. The Kier molecular flexibility index (Phi) is 3.20. The van der Waals surface area contributed by atoms with Crippen molar-refractivity contribution < 1.29 is 4.74 Å². The molecule has 0 radical (unpaired) electrons. The van der Waals surface area contributed by atoms with Crippen LogP contribution in [0.15, 0.2) is 24.3 Å².